The SMILES string of the molecule is C.O=C1CCCc2cc(Sc3ccccc3)ccc21.O[C@@H]1CCCc2cc(Sc3ccccc3)ccc21. The quantitative estimate of drug-likeness (QED) is 0.288. The van der Waals surface area contributed by atoms with E-state index in [9.17, 15) is 9.90 Å². The number of hydrogen-bond donors (Lipinski definition) is 1. The molecule has 4 aromatic carbocycles. The van der Waals surface area contributed by atoms with Gasteiger partial charge in [0, 0.05) is 31.6 Å². The Hall–Kier alpha value is -2.79. The van der Waals surface area contributed by atoms with Crippen LogP contribution in [-0.2, 0) is 12.8 Å². The van der Waals surface area contributed by atoms with Crippen molar-refractivity contribution in [1.29, 1.82) is 0 Å². The lowest BCUT2D eigenvalue weighted by Crippen LogP contribution is -2.10. The average Bonchev–Trinajstić information content (AvgIpc) is 2.91. The van der Waals surface area contributed by atoms with Gasteiger partial charge in [-0.15, -0.1) is 0 Å². The summed E-state index contributed by atoms with van der Waals surface area (Å²) in [5.41, 5.74) is 4.58. The Balaban J connectivity index is 0.000000168. The number of Topliss-reactive ketones (excluding diaryl/α,β-unsaturated/α-hetero) is 1. The fraction of sp³-hybridized carbons (Fsp3) is 0.242. The fourth-order valence-corrected chi connectivity index (χ4v) is 6.57. The van der Waals surface area contributed by atoms with Crippen LogP contribution in [-0.4, -0.2) is 10.9 Å². The summed E-state index contributed by atoms with van der Waals surface area (Å²) in [7, 11) is 0. The lowest BCUT2D eigenvalue weighted by Gasteiger charge is -2.21. The number of benzene rings is 4. The Morgan fingerprint density at radius 2 is 1.19 bits per heavy atom. The van der Waals surface area contributed by atoms with Crippen molar-refractivity contribution >= 4 is 29.3 Å². The van der Waals surface area contributed by atoms with Gasteiger partial charge in [-0.3, -0.25) is 4.79 Å². The highest BCUT2D eigenvalue weighted by Gasteiger charge is 2.18. The molecule has 1 atom stereocenters. The van der Waals surface area contributed by atoms with E-state index < -0.39 is 0 Å². The van der Waals surface area contributed by atoms with Crippen molar-refractivity contribution in [2.24, 2.45) is 0 Å². The molecule has 0 heterocycles. The third-order valence-electron chi connectivity index (χ3n) is 6.58. The van der Waals surface area contributed by atoms with E-state index in [4.69, 9.17) is 0 Å². The number of carbonyl (C=O) groups is 1. The van der Waals surface area contributed by atoms with Crippen LogP contribution in [0.2, 0.25) is 0 Å². The van der Waals surface area contributed by atoms with Crippen LogP contribution >= 0.6 is 23.5 Å². The van der Waals surface area contributed by atoms with Gasteiger partial charge in [0.25, 0.3) is 0 Å². The summed E-state index contributed by atoms with van der Waals surface area (Å²) >= 11 is 3.53. The number of aliphatic hydroxyl groups excluding tert-OH is 1. The van der Waals surface area contributed by atoms with E-state index >= 15 is 0 Å². The predicted octanol–water partition coefficient (Wildman–Crippen LogP) is 9.20. The zero-order valence-corrected chi connectivity index (χ0v) is 21.9. The molecule has 2 aliphatic rings. The molecule has 0 fully saturated rings. The highest BCUT2D eigenvalue weighted by atomic mass is 32.2. The van der Waals surface area contributed by atoms with Crippen LogP contribution in [0.1, 0.15) is 66.3 Å². The number of aliphatic hydroxyl groups is 1. The Labute approximate surface area is 229 Å². The van der Waals surface area contributed by atoms with E-state index in [1.165, 1.54) is 30.7 Å². The largest absolute Gasteiger partial charge is 0.388 e. The van der Waals surface area contributed by atoms with Crippen LogP contribution in [0.4, 0.5) is 0 Å². The van der Waals surface area contributed by atoms with E-state index in [1.807, 2.05) is 30.3 Å². The average molecular weight is 527 g/mol. The van der Waals surface area contributed by atoms with E-state index in [2.05, 4.69) is 66.7 Å². The molecule has 0 spiro atoms. The fourth-order valence-electron chi connectivity index (χ4n) is 4.76. The summed E-state index contributed by atoms with van der Waals surface area (Å²) in [6.07, 6.45) is 5.55. The third-order valence-corrected chi connectivity index (χ3v) is 8.58. The van der Waals surface area contributed by atoms with Crippen LogP contribution in [0.3, 0.4) is 0 Å². The molecule has 0 bridgehead atoms. The van der Waals surface area contributed by atoms with Crippen molar-refractivity contribution in [1.82, 2.24) is 0 Å². The van der Waals surface area contributed by atoms with Crippen molar-refractivity contribution in [3.63, 3.8) is 0 Å². The summed E-state index contributed by atoms with van der Waals surface area (Å²) in [4.78, 5) is 16.7. The molecule has 2 nitrogen and oxygen atoms in total. The zero-order valence-electron chi connectivity index (χ0n) is 20.2. The first-order chi connectivity index (χ1) is 17.7. The molecule has 0 unspecified atom stereocenters. The lowest BCUT2D eigenvalue weighted by atomic mass is 9.90. The molecule has 2 aliphatic carbocycles. The summed E-state index contributed by atoms with van der Waals surface area (Å²) < 4.78 is 0. The van der Waals surface area contributed by atoms with E-state index in [-0.39, 0.29) is 13.5 Å². The molecular formula is C33H34O2S2. The zero-order chi connectivity index (χ0) is 24.7. The van der Waals surface area contributed by atoms with Gasteiger partial charge >= 0.3 is 0 Å². The minimum Gasteiger partial charge on any atom is -0.388 e. The smallest absolute Gasteiger partial charge is 0.163 e. The number of rotatable bonds is 4. The number of carbonyl (C=O) groups excluding carboxylic acids is 1. The van der Waals surface area contributed by atoms with Crippen LogP contribution in [0, 0.1) is 0 Å². The van der Waals surface area contributed by atoms with Crippen LogP contribution in [0.5, 0.6) is 0 Å². The van der Waals surface area contributed by atoms with Crippen LogP contribution < -0.4 is 0 Å². The maximum atomic E-state index is 11.7. The first kappa shape index (κ1) is 27.3. The second-order valence-electron chi connectivity index (χ2n) is 9.19. The molecule has 0 aromatic heterocycles. The normalized spacial score (nSPS) is 15.9. The molecule has 0 saturated carbocycles. The summed E-state index contributed by atoms with van der Waals surface area (Å²) in [5, 5.41) is 9.94. The van der Waals surface area contributed by atoms with Gasteiger partial charge in [-0.05, 0) is 97.3 Å². The number of ketones is 1. The Morgan fingerprint density at radius 3 is 1.84 bits per heavy atom. The number of fused-ring (bicyclic) bond motifs is 2. The molecule has 0 saturated heterocycles. The molecular weight excluding hydrogens is 492 g/mol. The second kappa shape index (κ2) is 13.1. The van der Waals surface area contributed by atoms with E-state index in [0.29, 0.717) is 12.2 Å². The highest BCUT2D eigenvalue weighted by Crippen LogP contribution is 2.35. The van der Waals surface area contributed by atoms with Crippen molar-refractivity contribution in [2.75, 3.05) is 0 Å². The molecule has 0 radical (unpaired) electrons. The summed E-state index contributed by atoms with van der Waals surface area (Å²) in [6, 6.07) is 33.4. The van der Waals surface area contributed by atoms with Gasteiger partial charge in [0.05, 0.1) is 6.10 Å². The number of hydrogen-bond acceptors (Lipinski definition) is 4. The lowest BCUT2D eigenvalue weighted by molar-refractivity contribution is 0.0972. The molecule has 190 valence electrons. The van der Waals surface area contributed by atoms with Gasteiger partial charge in [0.1, 0.15) is 0 Å². The molecule has 0 aliphatic heterocycles. The van der Waals surface area contributed by atoms with Gasteiger partial charge in [-0.25, -0.2) is 0 Å². The molecule has 4 aromatic rings. The topological polar surface area (TPSA) is 37.3 Å². The van der Waals surface area contributed by atoms with Gasteiger partial charge in [-0.2, -0.15) is 0 Å². The second-order valence-corrected chi connectivity index (χ2v) is 11.5. The Morgan fingerprint density at radius 1 is 0.622 bits per heavy atom. The minimum absolute atomic E-state index is 0. The molecule has 6 rings (SSSR count). The van der Waals surface area contributed by atoms with E-state index in [0.717, 1.165) is 43.2 Å². The van der Waals surface area contributed by atoms with Gasteiger partial charge in [0.2, 0.25) is 0 Å². The summed E-state index contributed by atoms with van der Waals surface area (Å²) in [5.74, 6) is 0.299. The van der Waals surface area contributed by atoms with Gasteiger partial charge < -0.3 is 5.11 Å². The van der Waals surface area contributed by atoms with Crippen LogP contribution in [0.15, 0.2) is 117 Å². The summed E-state index contributed by atoms with van der Waals surface area (Å²) in [6.45, 7) is 0. The predicted molar refractivity (Wildman–Crippen MR) is 156 cm³/mol. The molecule has 37 heavy (non-hydrogen) atoms. The van der Waals surface area contributed by atoms with Crippen molar-refractivity contribution in [2.45, 2.75) is 71.6 Å². The molecule has 0 amide bonds. The maximum absolute atomic E-state index is 11.7. The van der Waals surface area contributed by atoms with Gasteiger partial charge in [0.15, 0.2) is 5.78 Å². The number of aryl methyl sites for hydroxylation is 2. The van der Waals surface area contributed by atoms with E-state index in [1.54, 1.807) is 23.5 Å². The van der Waals surface area contributed by atoms with Gasteiger partial charge in [-0.1, -0.05) is 79.5 Å². The highest BCUT2D eigenvalue weighted by molar-refractivity contribution is 7.99. The molecule has 1 N–H and O–H groups in total. The first-order valence-corrected chi connectivity index (χ1v) is 14.2. The monoisotopic (exact) mass is 526 g/mol. The van der Waals surface area contributed by atoms with Crippen molar-refractivity contribution in [3.05, 3.63) is 119 Å². The standard InChI is InChI=1S/C16H16OS.C16H14OS.CH4/c2*17-16-8-4-5-12-11-14(9-10-15(12)16)18-13-6-2-1-3-7-13;/h1-3,6-7,9-11,16-17H,4-5,8H2;1-3,6-7,9-11H,4-5,8H2;1H4/t16-;;/m1../s1. The minimum atomic E-state index is -0.260. The molecule has 4 heteroatoms. The van der Waals surface area contributed by atoms with Crippen molar-refractivity contribution < 1.29 is 9.90 Å². The Kier molecular flexibility index (Phi) is 9.68. The third kappa shape index (κ3) is 7.16. The Bertz CT molecular complexity index is 1320. The first-order valence-electron chi connectivity index (χ1n) is 12.6. The van der Waals surface area contributed by atoms with Crippen molar-refractivity contribution in [3.8, 4) is 0 Å². The van der Waals surface area contributed by atoms with Crippen LogP contribution in [0.25, 0.3) is 0 Å². The maximum Gasteiger partial charge on any atom is 0.163 e.